The standard InChI is InChI=1S/C16H26N2S/c1-7-12-9-11(3)10-13(8-2)14(12)17-15(19)18-16(4,5)6/h9-10H,7-8H2,1-6H3,(H2,17,18,19). The Kier molecular flexibility index (Phi) is 5.36. The van der Waals surface area contributed by atoms with E-state index >= 15 is 0 Å². The zero-order chi connectivity index (χ0) is 14.6. The van der Waals surface area contributed by atoms with Crippen molar-refractivity contribution in [3.05, 3.63) is 28.8 Å². The predicted molar refractivity (Wildman–Crippen MR) is 89.0 cm³/mol. The summed E-state index contributed by atoms with van der Waals surface area (Å²) in [7, 11) is 0. The van der Waals surface area contributed by atoms with Crippen molar-refractivity contribution in [2.24, 2.45) is 0 Å². The van der Waals surface area contributed by atoms with E-state index < -0.39 is 0 Å². The van der Waals surface area contributed by atoms with Crippen LogP contribution in [0.2, 0.25) is 0 Å². The Bertz CT molecular complexity index is 433. The van der Waals surface area contributed by atoms with Gasteiger partial charge in [0.2, 0.25) is 0 Å². The molecule has 0 aliphatic heterocycles. The Hall–Kier alpha value is -1.09. The van der Waals surface area contributed by atoms with Crippen molar-refractivity contribution in [1.29, 1.82) is 0 Å². The molecule has 1 aromatic carbocycles. The molecule has 1 aromatic rings. The van der Waals surface area contributed by atoms with E-state index in [2.05, 4.69) is 64.3 Å². The van der Waals surface area contributed by atoms with Crippen molar-refractivity contribution in [3.63, 3.8) is 0 Å². The molecule has 0 atom stereocenters. The quantitative estimate of drug-likeness (QED) is 0.810. The monoisotopic (exact) mass is 278 g/mol. The summed E-state index contributed by atoms with van der Waals surface area (Å²) in [6.45, 7) is 12.8. The van der Waals surface area contributed by atoms with E-state index in [9.17, 15) is 0 Å². The van der Waals surface area contributed by atoms with Crippen molar-refractivity contribution in [2.75, 3.05) is 5.32 Å². The number of nitrogens with one attached hydrogen (secondary N) is 2. The summed E-state index contributed by atoms with van der Waals surface area (Å²) in [4.78, 5) is 0. The first-order chi connectivity index (χ1) is 8.76. The molecule has 2 nitrogen and oxygen atoms in total. The second kappa shape index (κ2) is 6.38. The van der Waals surface area contributed by atoms with Crippen LogP contribution in [0.1, 0.15) is 51.3 Å². The van der Waals surface area contributed by atoms with Gasteiger partial charge in [-0.1, -0.05) is 31.5 Å². The number of rotatable bonds is 3. The Morgan fingerprint density at radius 1 is 1.11 bits per heavy atom. The van der Waals surface area contributed by atoms with Gasteiger partial charge in [0.05, 0.1) is 0 Å². The molecule has 19 heavy (non-hydrogen) atoms. The first-order valence-electron chi connectivity index (χ1n) is 6.98. The molecule has 0 fully saturated rings. The van der Waals surface area contributed by atoms with E-state index in [1.54, 1.807) is 0 Å². The average Bonchev–Trinajstić information content (AvgIpc) is 2.28. The molecular formula is C16H26N2S. The Morgan fingerprint density at radius 2 is 1.58 bits per heavy atom. The maximum atomic E-state index is 5.41. The van der Waals surface area contributed by atoms with Crippen LogP contribution < -0.4 is 10.6 Å². The molecule has 0 saturated carbocycles. The highest BCUT2D eigenvalue weighted by atomic mass is 32.1. The minimum atomic E-state index is -0.0203. The summed E-state index contributed by atoms with van der Waals surface area (Å²) >= 11 is 5.41. The number of hydrogen-bond acceptors (Lipinski definition) is 1. The molecule has 0 heterocycles. The molecule has 0 spiro atoms. The van der Waals surface area contributed by atoms with Gasteiger partial charge >= 0.3 is 0 Å². The maximum absolute atomic E-state index is 5.41. The zero-order valence-corrected chi connectivity index (χ0v) is 13.8. The third kappa shape index (κ3) is 4.83. The van der Waals surface area contributed by atoms with E-state index in [0.717, 1.165) is 12.8 Å². The number of anilines is 1. The molecular weight excluding hydrogens is 252 g/mol. The van der Waals surface area contributed by atoms with Crippen LogP contribution in [0.5, 0.6) is 0 Å². The summed E-state index contributed by atoms with van der Waals surface area (Å²) in [5, 5.41) is 7.39. The van der Waals surface area contributed by atoms with Gasteiger partial charge < -0.3 is 10.6 Å². The van der Waals surface area contributed by atoms with Crippen LogP contribution in [0.25, 0.3) is 0 Å². The van der Waals surface area contributed by atoms with Crippen LogP contribution in [-0.2, 0) is 12.8 Å². The lowest BCUT2D eigenvalue weighted by atomic mass is 10.00. The number of thiocarbonyl (C=S) groups is 1. The fourth-order valence-corrected chi connectivity index (χ4v) is 2.55. The van der Waals surface area contributed by atoms with Gasteiger partial charge in [-0.15, -0.1) is 0 Å². The van der Waals surface area contributed by atoms with Gasteiger partial charge in [-0.3, -0.25) is 0 Å². The van der Waals surface area contributed by atoms with Crippen LogP contribution in [0.4, 0.5) is 5.69 Å². The van der Waals surface area contributed by atoms with Crippen molar-refractivity contribution in [3.8, 4) is 0 Å². The van der Waals surface area contributed by atoms with E-state index in [-0.39, 0.29) is 5.54 Å². The Labute approximate surface area is 123 Å². The number of benzene rings is 1. The van der Waals surface area contributed by atoms with E-state index in [1.807, 2.05) is 0 Å². The molecule has 0 saturated heterocycles. The first-order valence-corrected chi connectivity index (χ1v) is 7.39. The van der Waals surface area contributed by atoms with Crippen LogP contribution in [0.15, 0.2) is 12.1 Å². The zero-order valence-electron chi connectivity index (χ0n) is 13.0. The summed E-state index contributed by atoms with van der Waals surface area (Å²) in [5.41, 5.74) is 5.13. The third-order valence-electron chi connectivity index (χ3n) is 2.93. The van der Waals surface area contributed by atoms with Gasteiger partial charge in [0.15, 0.2) is 5.11 Å². The normalized spacial score (nSPS) is 11.3. The highest BCUT2D eigenvalue weighted by Crippen LogP contribution is 2.24. The number of aryl methyl sites for hydroxylation is 3. The topological polar surface area (TPSA) is 24.1 Å². The van der Waals surface area contributed by atoms with Crippen LogP contribution in [0, 0.1) is 6.92 Å². The summed E-state index contributed by atoms with van der Waals surface area (Å²) < 4.78 is 0. The lowest BCUT2D eigenvalue weighted by Gasteiger charge is -2.25. The van der Waals surface area contributed by atoms with Crippen molar-refractivity contribution >= 4 is 23.0 Å². The van der Waals surface area contributed by atoms with Crippen molar-refractivity contribution in [1.82, 2.24) is 5.32 Å². The number of hydrogen-bond donors (Lipinski definition) is 2. The molecule has 0 amide bonds. The smallest absolute Gasteiger partial charge is 0.171 e. The highest BCUT2D eigenvalue weighted by molar-refractivity contribution is 7.80. The van der Waals surface area contributed by atoms with Crippen molar-refractivity contribution in [2.45, 2.75) is 59.9 Å². The lowest BCUT2D eigenvalue weighted by Crippen LogP contribution is -2.43. The largest absolute Gasteiger partial charge is 0.358 e. The van der Waals surface area contributed by atoms with Crippen LogP contribution >= 0.6 is 12.2 Å². The molecule has 2 N–H and O–H groups in total. The second-order valence-electron chi connectivity index (χ2n) is 5.99. The third-order valence-corrected chi connectivity index (χ3v) is 3.14. The SMILES string of the molecule is CCc1cc(C)cc(CC)c1NC(=S)NC(C)(C)C. The van der Waals surface area contributed by atoms with Gasteiger partial charge in [0, 0.05) is 11.2 Å². The second-order valence-corrected chi connectivity index (χ2v) is 6.40. The molecule has 0 bridgehead atoms. The van der Waals surface area contributed by atoms with E-state index in [0.29, 0.717) is 5.11 Å². The molecule has 1 rings (SSSR count). The maximum Gasteiger partial charge on any atom is 0.171 e. The van der Waals surface area contributed by atoms with Crippen LogP contribution in [0.3, 0.4) is 0 Å². The summed E-state index contributed by atoms with van der Waals surface area (Å²) in [6.07, 6.45) is 2.02. The fourth-order valence-electron chi connectivity index (χ4n) is 2.15. The summed E-state index contributed by atoms with van der Waals surface area (Å²) in [6, 6.07) is 4.47. The summed E-state index contributed by atoms with van der Waals surface area (Å²) in [5.74, 6) is 0. The van der Waals surface area contributed by atoms with Gasteiger partial charge in [0.1, 0.15) is 0 Å². The molecule has 0 radical (unpaired) electrons. The van der Waals surface area contributed by atoms with Gasteiger partial charge in [-0.25, -0.2) is 0 Å². The average molecular weight is 278 g/mol. The van der Waals surface area contributed by atoms with E-state index in [1.165, 1.54) is 22.4 Å². The predicted octanol–water partition coefficient (Wildman–Crippen LogP) is 4.20. The first kappa shape index (κ1) is 16.0. The minimum Gasteiger partial charge on any atom is -0.358 e. The van der Waals surface area contributed by atoms with Gasteiger partial charge in [-0.05, 0) is 63.9 Å². The Balaban J connectivity index is 3.02. The fraction of sp³-hybridized carbons (Fsp3) is 0.562. The molecule has 0 aliphatic rings. The molecule has 0 aliphatic carbocycles. The Morgan fingerprint density at radius 3 is 1.95 bits per heavy atom. The molecule has 3 heteroatoms. The van der Waals surface area contributed by atoms with Crippen LogP contribution in [-0.4, -0.2) is 10.7 Å². The minimum absolute atomic E-state index is 0.0203. The molecule has 0 aromatic heterocycles. The van der Waals surface area contributed by atoms with Gasteiger partial charge in [0.25, 0.3) is 0 Å². The van der Waals surface area contributed by atoms with E-state index in [4.69, 9.17) is 12.2 Å². The van der Waals surface area contributed by atoms with Crippen molar-refractivity contribution < 1.29 is 0 Å². The van der Waals surface area contributed by atoms with Gasteiger partial charge in [-0.2, -0.15) is 0 Å². The highest BCUT2D eigenvalue weighted by Gasteiger charge is 2.14. The lowest BCUT2D eigenvalue weighted by molar-refractivity contribution is 0.515. The molecule has 106 valence electrons. The molecule has 0 unspecified atom stereocenters.